The molecule has 0 saturated heterocycles. The third kappa shape index (κ3) is 19.7. The number of aromatic nitrogens is 3. The minimum absolute atomic E-state index is 0.0385. The summed E-state index contributed by atoms with van der Waals surface area (Å²) in [5, 5.41) is 17.5. The second kappa shape index (κ2) is 28.5. The van der Waals surface area contributed by atoms with Crippen LogP contribution in [-0.4, -0.2) is 118 Å². The first-order valence-corrected chi connectivity index (χ1v) is 22.2. The summed E-state index contributed by atoms with van der Waals surface area (Å²) in [6, 6.07) is 15.0. The molecule has 1 heterocycles. The van der Waals surface area contributed by atoms with Crippen LogP contribution >= 0.6 is 67.8 Å². The number of rotatable bonds is 31. The molecule has 60 heavy (non-hydrogen) atoms. The van der Waals surface area contributed by atoms with E-state index in [2.05, 4.69) is 83.1 Å². The van der Waals surface area contributed by atoms with Gasteiger partial charge in [0, 0.05) is 0 Å². The molecule has 0 saturated carbocycles. The maximum atomic E-state index is 11.1. The minimum Gasteiger partial charge on any atom is -0.491 e. The smallest absolute Gasteiger partial charge is 0.307 e. The Hall–Kier alpha value is -3.11. The number of benzene rings is 3. The van der Waals surface area contributed by atoms with Gasteiger partial charge in [0.1, 0.15) is 36.2 Å². The van der Waals surface area contributed by atoms with E-state index in [1.54, 1.807) is 4.68 Å². The van der Waals surface area contributed by atoms with E-state index in [0.29, 0.717) is 116 Å². The summed E-state index contributed by atoms with van der Waals surface area (Å²) in [5.41, 5.74) is 14.0. The number of nitrogens with zero attached hydrogens (tertiary/aromatic N) is 4. The van der Waals surface area contributed by atoms with Gasteiger partial charge in [0.2, 0.25) is 0 Å². The molecule has 0 radical (unpaired) electrons. The molecular weight excluding hydrogens is 1120 g/mol. The summed E-state index contributed by atoms with van der Waals surface area (Å²) in [4.78, 5) is 15.1. The van der Waals surface area contributed by atoms with Crippen LogP contribution in [0, 0.1) is 17.6 Å². The highest BCUT2D eigenvalue weighted by molar-refractivity contribution is 14.1. The van der Waals surface area contributed by atoms with Gasteiger partial charge in [-0.05, 0) is 128 Å². The van der Waals surface area contributed by atoms with Crippen molar-refractivity contribution >= 4 is 79.7 Å². The third-order valence-electron chi connectivity index (χ3n) is 7.98. The second-order valence-electron chi connectivity index (χ2n) is 12.8. The fraction of sp³-hybridized carbons (Fsp3) is 0.450. The molecule has 20 heteroatoms. The Labute approximate surface area is 390 Å². The molecule has 0 spiro atoms. The lowest BCUT2D eigenvalue weighted by Gasteiger charge is -2.15. The number of aliphatic carboxylic acids is 1. The van der Waals surface area contributed by atoms with Crippen molar-refractivity contribution in [3.63, 3.8) is 0 Å². The largest absolute Gasteiger partial charge is 0.491 e. The number of halogens is 3. The second-order valence-corrected chi connectivity index (χ2v) is 16.3. The van der Waals surface area contributed by atoms with E-state index in [0.717, 1.165) is 38.9 Å². The van der Waals surface area contributed by atoms with Crippen molar-refractivity contribution in [2.75, 3.05) is 85.9 Å². The van der Waals surface area contributed by atoms with Gasteiger partial charge in [0.25, 0.3) is 0 Å². The van der Waals surface area contributed by atoms with Crippen molar-refractivity contribution in [2.24, 2.45) is 16.5 Å². The van der Waals surface area contributed by atoms with Crippen molar-refractivity contribution in [3.05, 3.63) is 87.8 Å². The number of aryl methyl sites for hydroxylation is 1. The summed E-state index contributed by atoms with van der Waals surface area (Å²) in [7, 11) is 0. The van der Waals surface area contributed by atoms with Gasteiger partial charge in [-0.1, -0.05) is 17.3 Å². The highest BCUT2D eigenvalue weighted by atomic mass is 127. The number of guanidine groups is 1. The van der Waals surface area contributed by atoms with Crippen molar-refractivity contribution in [3.8, 4) is 23.0 Å². The summed E-state index contributed by atoms with van der Waals surface area (Å²) >= 11 is 6.56. The van der Waals surface area contributed by atoms with Gasteiger partial charge in [-0.2, -0.15) is 0 Å². The summed E-state index contributed by atoms with van der Waals surface area (Å²) in [6.45, 7) is 9.26. The molecule has 0 unspecified atom stereocenters. The standard InChI is InChI=1S/C40H51I3N6O11/c1-28-20-33(60-39-34(41)21-30(22-35(39)42)23-37(50)51)24-36(43)38(28)59-27-31-26-49(48-47-31)6-7-52-8-9-53-10-11-54-12-13-55-14-15-56-16-17-57-18-19-58-32-4-2-29(3-5-32)25-46-40(44)45/h2-5,20-22,24,26H,6-19,23,25,27H2,1H3,(H,50,51)(H4,44,45,46). The highest BCUT2D eigenvalue weighted by Gasteiger charge is 2.15. The monoisotopic (exact) mass is 1170 g/mol. The zero-order valence-electron chi connectivity index (χ0n) is 33.3. The van der Waals surface area contributed by atoms with E-state index in [4.69, 9.17) is 59.2 Å². The first-order valence-electron chi connectivity index (χ1n) is 19.0. The molecular formula is C40H51I3N6O11. The van der Waals surface area contributed by atoms with Crippen LogP contribution in [-0.2, 0) is 59.3 Å². The lowest BCUT2D eigenvalue weighted by molar-refractivity contribution is -0.136. The highest BCUT2D eigenvalue weighted by Crippen LogP contribution is 2.37. The number of hydrogen-bond acceptors (Lipinski definition) is 13. The molecule has 4 rings (SSSR count). The van der Waals surface area contributed by atoms with Crippen LogP contribution in [0.2, 0.25) is 0 Å². The number of carboxylic acid groups (broad SMARTS) is 1. The Bertz CT molecular complexity index is 1870. The SMILES string of the molecule is Cc1cc(Oc2c(I)cc(CC(=O)O)cc2I)cc(I)c1OCc1cn(CCOCCOCCOCCOCCOCCOCCOc2ccc(CN=C(N)N)cc2)nn1. The van der Waals surface area contributed by atoms with Crippen LogP contribution in [0.4, 0.5) is 0 Å². The Balaban J connectivity index is 0.933. The van der Waals surface area contributed by atoms with Gasteiger partial charge in [-0.25, -0.2) is 9.67 Å². The number of hydrogen-bond donors (Lipinski definition) is 3. The average molecular weight is 1170 g/mol. The summed E-state index contributed by atoms with van der Waals surface area (Å²) in [5.74, 6) is 2.03. The van der Waals surface area contributed by atoms with Gasteiger partial charge in [-0.3, -0.25) is 4.79 Å². The average Bonchev–Trinajstić information content (AvgIpc) is 3.66. The molecule has 328 valence electrons. The van der Waals surface area contributed by atoms with Crippen LogP contribution in [0.1, 0.15) is 22.4 Å². The van der Waals surface area contributed by atoms with E-state index in [-0.39, 0.29) is 19.0 Å². The number of ether oxygens (including phenoxy) is 9. The van der Waals surface area contributed by atoms with E-state index in [9.17, 15) is 4.79 Å². The lowest BCUT2D eigenvalue weighted by atomic mass is 10.1. The molecule has 0 aliphatic rings. The summed E-state index contributed by atoms with van der Waals surface area (Å²) < 4.78 is 55.7. The molecule has 17 nitrogen and oxygen atoms in total. The predicted octanol–water partition coefficient (Wildman–Crippen LogP) is 5.35. The van der Waals surface area contributed by atoms with Crippen LogP contribution in [0.25, 0.3) is 0 Å². The van der Waals surface area contributed by atoms with Crippen molar-refractivity contribution in [1.82, 2.24) is 15.0 Å². The molecule has 0 bridgehead atoms. The van der Waals surface area contributed by atoms with E-state index < -0.39 is 5.97 Å². The maximum Gasteiger partial charge on any atom is 0.307 e. The topological polar surface area (TPSA) is 215 Å². The quantitative estimate of drug-likeness (QED) is 0.0251. The molecule has 1 aromatic heterocycles. The Kier molecular flexibility index (Phi) is 23.5. The van der Waals surface area contributed by atoms with E-state index >= 15 is 0 Å². The van der Waals surface area contributed by atoms with Crippen LogP contribution in [0.3, 0.4) is 0 Å². The third-order valence-corrected chi connectivity index (χ3v) is 10.4. The fourth-order valence-corrected chi connectivity index (χ4v) is 8.16. The number of aliphatic imine (C=N–C) groups is 1. The Morgan fingerprint density at radius 1 is 0.683 bits per heavy atom. The number of carbonyl (C=O) groups is 1. The normalized spacial score (nSPS) is 11.1. The molecule has 0 aliphatic heterocycles. The maximum absolute atomic E-state index is 11.1. The van der Waals surface area contributed by atoms with Gasteiger partial charge in [0.05, 0.1) is 116 Å². The molecule has 5 N–H and O–H groups in total. The number of carboxylic acids is 1. The van der Waals surface area contributed by atoms with Crippen molar-refractivity contribution < 1.29 is 52.5 Å². The van der Waals surface area contributed by atoms with Crippen LogP contribution in [0.5, 0.6) is 23.0 Å². The van der Waals surface area contributed by atoms with Crippen molar-refractivity contribution in [2.45, 2.75) is 33.0 Å². The van der Waals surface area contributed by atoms with E-state index in [1.165, 1.54) is 0 Å². The fourth-order valence-electron chi connectivity index (χ4n) is 5.16. The number of nitrogens with two attached hydrogens (primary N) is 2. The molecule has 0 atom stereocenters. The van der Waals surface area contributed by atoms with Gasteiger partial charge < -0.3 is 59.2 Å². The van der Waals surface area contributed by atoms with Crippen LogP contribution < -0.4 is 25.7 Å². The predicted molar refractivity (Wildman–Crippen MR) is 248 cm³/mol. The minimum atomic E-state index is -0.872. The Morgan fingerprint density at radius 2 is 1.22 bits per heavy atom. The zero-order valence-corrected chi connectivity index (χ0v) is 39.8. The first-order chi connectivity index (χ1) is 29.1. The van der Waals surface area contributed by atoms with Crippen LogP contribution in [0.15, 0.2) is 59.7 Å². The molecule has 0 amide bonds. The molecule has 3 aromatic carbocycles. The molecule has 4 aromatic rings. The van der Waals surface area contributed by atoms with Gasteiger partial charge >= 0.3 is 5.97 Å². The zero-order chi connectivity index (χ0) is 43.0. The molecule has 0 aliphatic carbocycles. The molecule has 0 fully saturated rings. The van der Waals surface area contributed by atoms with E-state index in [1.807, 2.05) is 61.7 Å². The van der Waals surface area contributed by atoms with Gasteiger partial charge in [0.15, 0.2) is 11.7 Å². The first kappa shape index (κ1) is 49.5. The van der Waals surface area contributed by atoms with Gasteiger partial charge in [-0.15, -0.1) is 5.10 Å². The lowest BCUT2D eigenvalue weighted by Crippen LogP contribution is -2.22. The van der Waals surface area contributed by atoms with Crippen molar-refractivity contribution in [1.29, 1.82) is 0 Å². The Morgan fingerprint density at radius 3 is 1.75 bits per heavy atom. The summed E-state index contributed by atoms with van der Waals surface area (Å²) in [6.07, 6.45) is 1.80.